The topological polar surface area (TPSA) is 73.9 Å². The van der Waals surface area contributed by atoms with Crippen molar-refractivity contribution in [2.24, 2.45) is 10.9 Å². The van der Waals surface area contributed by atoms with Gasteiger partial charge in [-0.1, -0.05) is 66.2 Å². The summed E-state index contributed by atoms with van der Waals surface area (Å²) in [5.74, 6) is -0.161. The van der Waals surface area contributed by atoms with Crippen molar-refractivity contribution in [2.45, 2.75) is 64.2 Å². The molecule has 0 spiro atoms. The van der Waals surface area contributed by atoms with Gasteiger partial charge in [0, 0.05) is 13.0 Å². The summed E-state index contributed by atoms with van der Waals surface area (Å²) in [6, 6.07) is 17.8. The number of rotatable bonds is 9. The Bertz CT molecular complexity index is 782. The Morgan fingerprint density at radius 2 is 1.66 bits per heavy atom. The van der Waals surface area contributed by atoms with Gasteiger partial charge in [0.05, 0.1) is 12.1 Å². The first-order valence-corrected chi connectivity index (χ1v) is 10.5. The number of nitrogens with zero attached hydrogens (tertiary/aromatic N) is 1. The third-order valence-electron chi connectivity index (χ3n) is 5.19. The van der Waals surface area contributed by atoms with Gasteiger partial charge in [0.1, 0.15) is 12.7 Å². The maximum absolute atomic E-state index is 12.3. The molecular weight excluding hydrogens is 364 g/mol. The summed E-state index contributed by atoms with van der Waals surface area (Å²) in [5, 5.41) is 4.34. The van der Waals surface area contributed by atoms with E-state index in [1.54, 1.807) is 0 Å². The first kappa shape index (κ1) is 21.1. The Morgan fingerprint density at radius 3 is 2.34 bits per heavy atom. The fraction of sp³-hybridized carbons (Fsp3) is 0.417. The van der Waals surface area contributed by atoms with E-state index in [4.69, 9.17) is 15.3 Å². The first-order valence-electron chi connectivity index (χ1n) is 10.5. The molecule has 1 aliphatic carbocycles. The zero-order valence-electron chi connectivity index (χ0n) is 16.9. The highest BCUT2D eigenvalue weighted by atomic mass is 16.6. The highest BCUT2D eigenvalue weighted by molar-refractivity contribution is 6.01. The number of carbonyl (C=O) groups excluding carboxylic acids is 1. The van der Waals surface area contributed by atoms with E-state index in [0.29, 0.717) is 26.0 Å². The lowest BCUT2D eigenvalue weighted by molar-refractivity contribution is -0.150. The molecular formula is C24H30N2O3. The molecule has 29 heavy (non-hydrogen) atoms. The second-order valence-corrected chi connectivity index (χ2v) is 7.45. The van der Waals surface area contributed by atoms with Crippen LogP contribution in [0.2, 0.25) is 0 Å². The lowest BCUT2D eigenvalue weighted by Gasteiger charge is -2.21. The van der Waals surface area contributed by atoms with Crippen molar-refractivity contribution in [1.82, 2.24) is 0 Å². The van der Waals surface area contributed by atoms with Crippen LogP contribution in [0.4, 0.5) is 0 Å². The minimum atomic E-state index is -0.161. The van der Waals surface area contributed by atoms with Gasteiger partial charge in [-0.05, 0) is 42.4 Å². The summed E-state index contributed by atoms with van der Waals surface area (Å²) in [6.07, 6.45) is 6.33. The number of nitrogens with two attached hydrogens (primary N) is 1. The monoisotopic (exact) mass is 394 g/mol. The molecule has 0 heterocycles. The maximum Gasteiger partial charge on any atom is 0.306 e. The van der Waals surface area contributed by atoms with E-state index in [1.165, 1.54) is 6.42 Å². The van der Waals surface area contributed by atoms with Crippen LogP contribution < -0.4 is 5.73 Å². The van der Waals surface area contributed by atoms with E-state index in [2.05, 4.69) is 5.16 Å². The van der Waals surface area contributed by atoms with Gasteiger partial charge in [-0.15, -0.1) is 0 Å². The molecule has 0 saturated heterocycles. The number of hydrogen-bond donors (Lipinski definition) is 1. The Kier molecular flexibility index (Phi) is 8.25. The average Bonchev–Trinajstić information content (AvgIpc) is 2.77. The average molecular weight is 395 g/mol. The maximum atomic E-state index is 12.3. The van der Waals surface area contributed by atoms with Crippen LogP contribution in [0, 0.1) is 0 Å². The highest BCUT2D eigenvalue weighted by Crippen LogP contribution is 2.21. The van der Waals surface area contributed by atoms with Crippen molar-refractivity contribution in [3.63, 3.8) is 0 Å². The van der Waals surface area contributed by atoms with Crippen molar-refractivity contribution < 1.29 is 14.4 Å². The minimum Gasteiger partial charge on any atom is -0.462 e. The number of esters is 1. The van der Waals surface area contributed by atoms with Crippen LogP contribution in [0.15, 0.2) is 59.8 Å². The molecule has 2 aromatic rings. The SMILES string of the molecule is NCc1ccc(C(CCC(=O)OC2CCCCC2)=NOCc2ccccc2)cc1. The molecule has 0 aromatic heterocycles. The molecule has 0 atom stereocenters. The zero-order valence-corrected chi connectivity index (χ0v) is 16.9. The Labute approximate surface area is 172 Å². The summed E-state index contributed by atoms with van der Waals surface area (Å²) in [6.45, 7) is 0.878. The second-order valence-electron chi connectivity index (χ2n) is 7.45. The fourth-order valence-corrected chi connectivity index (χ4v) is 3.48. The van der Waals surface area contributed by atoms with E-state index in [1.807, 2.05) is 54.6 Å². The molecule has 154 valence electrons. The van der Waals surface area contributed by atoms with E-state index in [-0.39, 0.29) is 12.1 Å². The number of oxime groups is 1. The van der Waals surface area contributed by atoms with Crippen LogP contribution in [0.1, 0.15) is 61.6 Å². The van der Waals surface area contributed by atoms with Crippen LogP contribution in [0.25, 0.3) is 0 Å². The van der Waals surface area contributed by atoms with Gasteiger partial charge in [-0.2, -0.15) is 0 Å². The van der Waals surface area contributed by atoms with Gasteiger partial charge >= 0.3 is 5.97 Å². The first-order chi connectivity index (χ1) is 14.2. The summed E-state index contributed by atoms with van der Waals surface area (Å²) in [7, 11) is 0. The molecule has 2 N–H and O–H groups in total. The molecule has 0 unspecified atom stereocenters. The normalized spacial score (nSPS) is 15.1. The lowest BCUT2D eigenvalue weighted by atomic mass is 9.98. The van der Waals surface area contributed by atoms with E-state index >= 15 is 0 Å². The summed E-state index contributed by atoms with van der Waals surface area (Å²) >= 11 is 0. The Morgan fingerprint density at radius 1 is 0.931 bits per heavy atom. The van der Waals surface area contributed by atoms with Gasteiger partial charge < -0.3 is 15.3 Å². The lowest BCUT2D eigenvalue weighted by Crippen LogP contribution is -2.21. The summed E-state index contributed by atoms with van der Waals surface area (Å²) in [5.41, 5.74) is 9.46. The molecule has 1 saturated carbocycles. The van der Waals surface area contributed by atoms with Crippen molar-refractivity contribution >= 4 is 11.7 Å². The van der Waals surface area contributed by atoms with E-state index < -0.39 is 0 Å². The predicted octanol–water partition coefficient (Wildman–Crippen LogP) is 4.72. The molecule has 2 aromatic carbocycles. The second kappa shape index (κ2) is 11.4. The van der Waals surface area contributed by atoms with Crippen molar-refractivity contribution in [1.29, 1.82) is 0 Å². The standard InChI is InChI=1S/C24H30N2O3/c25-17-19-11-13-21(14-12-19)23(26-28-18-20-7-3-1-4-8-20)15-16-24(27)29-22-9-5-2-6-10-22/h1,3-4,7-8,11-14,22H,2,5-6,9-10,15-18,25H2. The Balaban J connectivity index is 1.61. The Hall–Kier alpha value is -2.66. The molecule has 0 amide bonds. The van der Waals surface area contributed by atoms with Crippen molar-refractivity contribution in [3.8, 4) is 0 Å². The van der Waals surface area contributed by atoms with Crippen LogP contribution >= 0.6 is 0 Å². The third-order valence-corrected chi connectivity index (χ3v) is 5.19. The fourth-order valence-electron chi connectivity index (χ4n) is 3.48. The predicted molar refractivity (Wildman–Crippen MR) is 114 cm³/mol. The third kappa shape index (κ3) is 7.02. The molecule has 0 aliphatic heterocycles. The summed E-state index contributed by atoms with van der Waals surface area (Å²) < 4.78 is 5.64. The minimum absolute atomic E-state index is 0.0785. The van der Waals surface area contributed by atoms with Crippen LogP contribution in [0.5, 0.6) is 0 Å². The highest BCUT2D eigenvalue weighted by Gasteiger charge is 2.18. The largest absolute Gasteiger partial charge is 0.462 e. The van der Waals surface area contributed by atoms with Gasteiger partial charge in [0.25, 0.3) is 0 Å². The molecule has 1 aliphatic rings. The number of ether oxygens (including phenoxy) is 1. The van der Waals surface area contributed by atoms with E-state index in [9.17, 15) is 4.79 Å². The zero-order chi connectivity index (χ0) is 20.3. The van der Waals surface area contributed by atoms with Crippen LogP contribution in [0.3, 0.4) is 0 Å². The quantitative estimate of drug-likeness (QED) is 0.379. The number of benzene rings is 2. The molecule has 3 rings (SSSR count). The van der Waals surface area contributed by atoms with Gasteiger partial charge in [-0.3, -0.25) is 4.79 Å². The van der Waals surface area contributed by atoms with Crippen molar-refractivity contribution in [3.05, 3.63) is 71.3 Å². The molecule has 0 bridgehead atoms. The molecule has 1 fully saturated rings. The summed E-state index contributed by atoms with van der Waals surface area (Å²) in [4.78, 5) is 17.9. The number of hydrogen-bond acceptors (Lipinski definition) is 5. The molecule has 5 heteroatoms. The molecule has 5 nitrogen and oxygen atoms in total. The van der Waals surface area contributed by atoms with Gasteiger partial charge in [0.2, 0.25) is 0 Å². The van der Waals surface area contributed by atoms with Gasteiger partial charge in [0.15, 0.2) is 0 Å². The van der Waals surface area contributed by atoms with Crippen LogP contribution in [-0.4, -0.2) is 17.8 Å². The van der Waals surface area contributed by atoms with Crippen LogP contribution in [-0.2, 0) is 27.5 Å². The van der Waals surface area contributed by atoms with Gasteiger partial charge in [-0.25, -0.2) is 0 Å². The number of carbonyl (C=O) groups is 1. The van der Waals surface area contributed by atoms with E-state index in [0.717, 1.165) is 48.1 Å². The smallest absolute Gasteiger partial charge is 0.306 e. The van der Waals surface area contributed by atoms with Crippen molar-refractivity contribution in [2.75, 3.05) is 0 Å². The molecule has 0 radical (unpaired) electrons.